The van der Waals surface area contributed by atoms with Gasteiger partial charge in [-0.25, -0.2) is 10.2 Å². The molecule has 0 unspecified atom stereocenters. The van der Waals surface area contributed by atoms with Gasteiger partial charge in [0.05, 0.1) is 17.1 Å². The van der Waals surface area contributed by atoms with E-state index in [2.05, 4.69) is 15.7 Å². The fourth-order valence-corrected chi connectivity index (χ4v) is 2.19. The number of aromatic nitrogens is 1. The highest BCUT2D eigenvalue weighted by Crippen LogP contribution is 2.22. The fourth-order valence-electron chi connectivity index (χ4n) is 2.19. The van der Waals surface area contributed by atoms with Crippen molar-refractivity contribution < 1.29 is 9.21 Å². The normalized spacial score (nSPS) is 10.2. The Hall–Kier alpha value is -3.28. The lowest BCUT2D eigenvalue weighted by molar-refractivity contribution is 0.251. The molecule has 0 spiro atoms. The van der Waals surface area contributed by atoms with Gasteiger partial charge in [0.1, 0.15) is 5.76 Å². The van der Waals surface area contributed by atoms with Crippen LogP contribution in [0.2, 0.25) is 0 Å². The Morgan fingerprint density at radius 3 is 1.96 bits per heavy atom. The van der Waals surface area contributed by atoms with Crippen LogP contribution in [0.4, 0.5) is 22.2 Å². The summed E-state index contributed by atoms with van der Waals surface area (Å²) in [6, 6.07) is 18.8. The Labute approximate surface area is 140 Å². The SMILES string of the molecule is Cc1nc(NC(=O)NN(c2ccccc2)c2ccccc2)oc1C. The number of nitrogens with zero attached hydrogens (tertiary/aromatic N) is 2. The second-order valence-electron chi connectivity index (χ2n) is 5.23. The number of hydrazine groups is 1. The first-order valence-electron chi connectivity index (χ1n) is 7.55. The van der Waals surface area contributed by atoms with Crippen molar-refractivity contribution in [1.29, 1.82) is 0 Å². The summed E-state index contributed by atoms with van der Waals surface area (Å²) in [6.45, 7) is 3.62. The maximum Gasteiger partial charge on any atom is 0.341 e. The smallest absolute Gasteiger partial charge is 0.341 e. The third kappa shape index (κ3) is 3.55. The first-order valence-corrected chi connectivity index (χ1v) is 7.55. The molecule has 0 fully saturated rings. The van der Waals surface area contributed by atoms with E-state index in [1.165, 1.54) is 0 Å². The number of benzene rings is 2. The number of hydrogen-bond acceptors (Lipinski definition) is 4. The number of amides is 2. The highest BCUT2D eigenvalue weighted by molar-refractivity contribution is 5.89. The molecule has 2 N–H and O–H groups in total. The fraction of sp³-hybridized carbons (Fsp3) is 0.111. The summed E-state index contributed by atoms with van der Waals surface area (Å²) < 4.78 is 5.38. The standard InChI is InChI=1S/C18H18N4O2/c1-13-14(2)24-18(19-13)20-17(23)21-22(15-9-5-3-6-10-15)16-11-7-4-8-12-16/h3-12H,1-2H3,(H2,19,20,21,23). The van der Waals surface area contributed by atoms with Crippen LogP contribution in [0.1, 0.15) is 11.5 Å². The van der Waals surface area contributed by atoms with Crippen LogP contribution in [0.15, 0.2) is 65.1 Å². The molecule has 2 amide bonds. The van der Waals surface area contributed by atoms with E-state index in [0.717, 1.165) is 17.1 Å². The average Bonchev–Trinajstić information content (AvgIpc) is 2.91. The minimum atomic E-state index is -0.441. The van der Waals surface area contributed by atoms with Gasteiger partial charge in [-0.3, -0.25) is 10.3 Å². The van der Waals surface area contributed by atoms with Crippen molar-refractivity contribution in [2.75, 3.05) is 10.3 Å². The summed E-state index contributed by atoms with van der Waals surface area (Å²) in [5, 5.41) is 4.30. The Bertz CT molecular complexity index is 757. The Morgan fingerprint density at radius 2 is 1.50 bits per heavy atom. The molecule has 0 bridgehead atoms. The number of aryl methyl sites for hydroxylation is 2. The van der Waals surface area contributed by atoms with E-state index in [1.807, 2.05) is 67.6 Å². The summed E-state index contributed by atoms with van der Waals surface area (Å²) in [4.78, 5) is 16.5. The van der Waals surface area contributed by atoms with Crippen LogP contribution in [0.3, 0.4) is 0 Å². The molecule has 0 saturated carbocycles. The van der Waals surface area contributed by atoms with E-state index in [0.29, 0.717) is 5.76 Å². The van der Waals surface area contributed by atoms with Gasteiger partial charge in [-0.15, -0.1) is 0 Å². The average molecular weight is 322 g/mol. The van der Waals surface area contributed by atoms with Crippen LogP contribution in [0, 0.1) is 13.8 Å². The van der Waals surface area contributed by atoms with E-state index < -0.39 is 6.03 Å². The molecule has 24 heavy (non-hydrogen) atoms. The number of carbonyl (C=O) groups excluding carboxylic acids is 1. The molecule has 0 aliphatic rings. The quantitative estimate of drug-likeness (QED) is 0.707. The van der Waals surface area contributed by atoms with Gasteiger partial charge in [-0.1, -0.05) is 36.4 Å². The Morgan fingerprint density at radius 1 is 0.958 bits per heavy atom. The van der Waals surface area contributed by atoms with E-state index in [9.17, 15) is 4.79 Å². The van der Waals surface area contributed by atoms with Gasteiger partial charge < -0.3 is 4.42 Å². The minimum absolute atomic E-state index is 0.170. The molecule has 6 nitrogen and oxygen atoms in total. The molecule has 3 rings (SSSR count). The number of anilines is 3. The van der Waals surface area contributed by atoms with Crippen molar-refractivity contribution in [2.45, 2.75) is 13.8 Å². The zero-order chi connectivity index (χ0) is 16.9. The number of urea groups is 1. The van der Waals surface area contributed by atoms with Crippen LogP contribution in [0.5, 0.6) is 0 Å². The lowest BCUT2D eigenvalue weighted by atomic mass is 10.2. The number of oxazole rings is 1. The number of rotatable bonds is 4. The van der Waals surface area contributed by atoms with Gasteiger partial charge in [0, 0.05) is 0 Å². The zero-order valence-corrected chi connectivity index (χ0v) is 13.5. The summed E-state index contributed by atoms with van der Waals surface area (Å²) in [5.41, 5.74) is 5.22. The van der Waals surface area contributed by atoms with Gasteiger partial charge in [-0.05, 0) is 38.1 Å². The summed E-state index contributed by atoms with van der Waals surface area (Å²) in [7, 11) is 0. The molecule has 0 aliphatic carbocycles. The molecule has 6 heteroatoms. The number of carbonyl (C=O) groups is 1. The summed E-state index contributed by atoms with van der Waals surface area (Å²) in [6.07, 6.45) is 0. The third-order valence-corrected chi connectivity index (χ3v) is 3.49. The molecule has 122 valence electrons. The second kappa shape index (κ2) is 6.87. The van der Waals surface area contributed by atoms with E-state index in [1.54, 1.807) is 11.9 Å². The Kier molecular flexibility index (Phi) is 4.47. The van der Waals surface area contributed by atoms with E-state index in [-0.39, 0.29) is 6.01 Å². The molecule has 3 aromatic rings. The van der Waals surface area contributed by atoms with Gasteiger partial charge in [0.2, 0.25) is 0 Å². The van der Waals surface area contributed by atoms with Crippen molar-refractivity contribution in [3.05, 3.63) is 72.1 Å². The molecule has 0 atom stereocenters. The monoisotopic (exact) mass is 322 g/mol. The molecule has 1 aromatic heterocycles. The van der Waals surface area contributed by atoms with Gasteiger partial charge >= 0.3 is 12.0 Å². The zero-order valence-electron chi connectivity index (χ0n) is 13.5. The van der Waals surface area contributed by atoms with Crippen molar-refractivity contribution in [3.8, 4) is 0 Å². The molecular formula is C18H18N4O2. The van der Waals surface area contributed by atoms with Crippen LogP contribution < -0.4 is 15.8 Å². The predicted molar refractivity (Wildman–Crippen MR) is 93.2 cm³/mol. The summed E-state index contributed by atoms with van der Waals surface area (Å²) in [5.74, 6) is 0.674. The van der Waals surface area contributed by atoms with Crippen molar-refractivity contribution >= 4 is 23.4 Å². The number of nitrogens with one attached hydrogen (secondary N) is 2. The molecule has 0 aliphatic heterocycles. The lowest BCUT2D eigenvalue weighted by Crippen LogP contribution is -2.41. The molecular weight excluding hydrogens is 304 g/mol. The van der Waals surface area contributed by atoms with Crippen LogP contribution in [-0.4, -0.2) is 11.0 Å². The molecule has 0 saturated heterocycles. The second-order valence-corrected chi connectivity index (χ2v) is 5.23. The van der Waals surface area contributed by atoms with Crippen molar-refractivity contribution in [3.63, 3.8) is 0 Å². The van der Waals surface area contributed by atoms with Crippen LogP contribution >= 0.6 is 0 Å². The number of para-hydroxylation sites is 2. The summed E-state index contributed by atoms with van der Waals surface area (Å²) >= 11 is 0. The minimum Gasteiger partial charge on any atom is -0.428 e. The first-order chi connectivity index (χ1) is 11.6. The van der Waals surface area contributed by atoms with Gasteiger partial charge in [0.15, 0.2) is 0 Å². The number of hydrogen-bond donors (Lipinski definition) is 2. The lowest BCUT2D eigenvalue weighted by Gasteiger charge is -2.25. The highest BCUT2D eigenvalue weighted by atomic mass is 16.4. The molecule has 2 aromatic carbocycles. The van der Waals surface area contributed by atoms with E-state index >= 15 is 0 Å². The maximum atomic E-state index is 12.3. The van der Waals surface area contributed by atoms with E-state index in [4.69, 9.17) is 4.42 Å². The largest absolute Gasteiger partial charge is 0.428 e. The highest BCUT2D eigenvalue weighted by Gasteiger charge is 2.14. The van der Waals surface area contributed by atoms with Crippen LogP contribution in [0.25, 0.3) is 0 Å². The van der Waals surface area contributed by atoms with Crippen LogP contribution in [-0.2, 0) is 0 Å². The molecule has 1 heterocycles. The predicted octanol–water partition coefficient (Wildman–Crippen LogP) is 4.17. The third-order valence-electron chi connectivity index (χ3n) is 3.49. The first kappa shape index (κ1) is 15.6. The van der Waals surface area contributed by atoms with Gasteiger partial charge in [-0.2, -0.15) is 4.98 Å². The maximum absolute atomic E-state index is 12.3. The topological polar surface area (TPSA) is 70.4 Å². The van der Waals surface area contributed by atoms with Crippen molar-refractivity contribution in [2.24, 2.45) is 0 Å². The van der Waals surface area contributed by atoms with Crippen molar-refractivity contribution in [1.82, 2.24) is 10.4 Å². The van der Waals surface area contributed by atoms with Gasteiger partial charge in [0.25, 0.3) is 0 Å². The molecule has 0 radical (unpaired) electrons. The Balaban J connectivity index is 1.80.